The van der Waals surface area contributed by atoms with Crippen LogP contribution >= 0.6 is 0 Å². The smallest absolute Gasteiger partial charge is 0.187 e. The van der Waals surface area contributed by atoms with Gasteiger partial charge in [-0.3, -0.25) is 4.99 Å². The van der Waals surface area contributed by atoms with E-state index in [1.807, 2.05) is 48.8 Å². The molecular formula is C18H17N3O2. The van der Waals surface area contributed by atoms with Crippen molar-refractivity contribution in [3.8, 4) is 11.5 Å². The molecule has 0 atom stereocenters. The molecule has 0 unspecified atom stereocenters. The Balaban J connectivity index is 1.66. The summed E-state index contributed by atoms with van der Waals surface area (Å²) in [6.45, 7) is 2.18. The van der Waals surface area contributed by atoms with Crippen molar-refractivity contribution >= 4 is 17.9 Å². The summed E-state index contributed by atoms with van der Waals surface area (Å²) in [5.41, 5.74) is 2.89. The lowest BCUT2D eigenvalue weighted by Gasteiger charge is -2.23. The van der Waals surface area contributed by atoms with Gasteiger partial charge >= 0.3 is 0 Å². The van der Waals surface area contributed by atoms with Crippen molar-refractivity contribution in [2.24, 2.45) is 9.98 Å². The molecule has 0 aromatic heterocycles. The van der Waals surface area contributed by atoms with Crippen LogP contribution in [0.15, 0.2) is 52.4 Å². The van der Waals surface area contributed by atoms with Crippen molar-refractivity contribution in [3.63, 3.8) is 0 Å². The molecule has 5 nitrogen and oxygen atoms in total. The van der Waals surface area contributed by atoms with Crippen molar-refractivity contribution in [3.05, 3.63) is 53.6 Å². The molecule has 2 aliphatic rings. The number of amidine groups is 1. The van der Waals surface area contributed by atoms with Crippen LogP contribution in [0.4, 0.5) is 5.69 Å². The standard InChI is InChI=1S/C18H17N3O2/c1-22-17-15(23-11-13-5-3-2-4-6-13)8-7-14-16(17)20-12-21-10-9-19-18(14)21/h2-8,12H,9-11H2,1H3. The third-order valence-electron chi connectivity index (χ3n) is 3.98. The second-order valence-corrected chi connectivity index (χ2v) is 5.41. The van der Waals surface area contributed by atoms with Gasteiger partial charge in [0.05, 0.1) is 20.0 Å². The lowest BCUT2D eigenvalue weighted by Crippen LogP contribution is -2.29. The minimum atomic E-state index is 0.493. The van der Waals surface area contributed by atoms with E-state index in [-0.39, 0.29) is 0 Å². The molecule has 0 fully saturated rings. The summed E-state index contributed by atoms with van der Waals surface area (Å²) in [5.74, 6) is 2.31. The highest BCUT2D eigenvalue weighted by atomic mass is 16.5. The summed E-state index contributed by atoms with van der Waals surface area (Å²) in [5, 5.41) is 0. The molecule has 0 aliphatic carbocycles. The minimum Gasteiger partial charge on any atom is -0.491 e. The molecule has 2 aromatic carbocycles. The fraction of sp³-hybridized carbons (Fsp3) is 0.222. The van der Waals surface area contributed by atoms with Crippen molar-refractivity contribution in [1.82, 2.24) is 4.90 Å². The summed E-state index contributed by atoms with van der Waals surface area (Å²) < 4.78 is 11.5. The van der Waals surface area contributed by atoms with Gasteiger partial charge in [0.15, 0.2) is 11.5 Å². The van der Waals surface area contributed by atoms with Crippen LogP contribution in [0.1, 0.15) is 11.1 Å². The lowest BCUT2D eigenvalue weighted by molar-refractivity contribution is 0.285. The van der Waals surface area contributed by atoms with Gasteiger partial charge in [-0.05, 0) is 17.7 Å². The monoisotopic (exact) mass is 307 g/mol. The third-order valence-corrected chi connectivity index (χ3v) is 3.98. The summed E-state index contributed by atoms with van der Waals surface area (Å²) >= 11 is 0. The first-order valence-electron chi connectivity index (χ1n) is 7.60. The largest absolute Gasteiger partial charge is 0.491 e. The van der Waals surface area contributed by atoms with Crippen LogP contribution in [0.3, 0.4) is 0 Å². The Morgan fingerprint density at radius 1 is 1.13 bits per heavy atom. The molecule has 23 heavy (non-hydrogen) atoms. The van der Waals surface area contributed by atoms with E-state index in [0.29, 0.717) is 18.1 Å². The van der Waals surface area contributed by atoms with E-state index in [1.165, 1.54) is 0 Å². The molecule has 116 valence electrons. The fourth-order valence-electron chi connectivity index (χ4n) is 2.85. The number of methoxy groups -OCH3 is 1. The third kappa shape index (κ3) is 2.44. The van der Waals surface area contributed by atoms with Gasteiger partial charge in [0, 0.05) is 12.1 Å². The Labute approximate surface area is 134 Å². The Hall–Kier alpha value is -2.82. The molecule has 2 aromatic rings. The van der Waals surface area contributed by atoms with E-state index in [1.54, 1.807) is 7.11 Å². The molecule has 0 N–H and O–H groups in total. The molecule has 0 saturated heterocycles. The van der Waals surface area contributed by atoms with Crippen LogP contribution in [0, 0.1) is 0 Å². The minimum absolute atomic E-state index is 0.493. The van der Waals surface area contributed by atoms with Gasteiger partial charge in [-0.1, -0.05) is 30.3 Å². The van der Waals surface area contributed by atoms with Gasteiger partial charge in [0.1, 0.15) is 18.1 Å². The molecule has 2 heterocycles. The number of nitrogens with zero attached hydrogens (tertiary/aromatic N) is 3. The van der Waals surface area contributed by atoms with Gasteiger partial charge in [-0.2, -0.15) is 0 Å². The average molecular weight is 307 g/mol. The number of benzene rings is 2. The molecule has 0 amide bonds. The van der Waals surface area contributed by atoms with Gasteiger partial charge in [0.25, 0.3) is 0 Å². The molecule has 0 bridgehead atoms. The molecule has 5 heteroatoms. The molecule has 0 spiro atoms. The Bertz CT molecular complexity index is 784. The van der Waals surface area contributed by atoms with Crippen molar-refractivity contribution in [2.75, 3.05) is 20.2 Å². The molecule has 4 rings (SSSR count). The number of rotatable bonds is 4. The first kappa shape index (κ1) is 13.8. The van der Waals surface area contributed by atoms with Crippen LogP contribution in [-0.4, -0.2) is 37.3 Å². The maximum absolute atomic E-state index is 5.94. The normalized spacial score (nSPS) is 15.0. The van der Waals surface area contributed by atoms with Crippen LogP contribution in [0.5, 0.6) is 11.5 Å². The maximum atomic E-state index is 5.94. The van der Waals surface area contributed by atoms with E-state index < -0.39 is 0 Å². The number of ether oxygens (including phenoxy) is 2. The predicted molar refractivity (Wildman–Crippen MR) is 90.0 cm³/mol. The Morgan fingerprint density at radius 3 is 2.83 bits per heavy atom. The van der Waals surface area contributed by atoms with Crippen LogP contribution in [0.25, 0.3) is 0 Å². The van der Waals surface area contributed by atoms with Crippen molar-refractivity contribution in [2.45, 2.75) is 6.61 Å². The van der Waals surface area contributed by atoms with Gasteiger partial charge < -0.3 is 14.4 Å². The summed E-state index contributed by atoms with van der Waals surface area (Å²) in [6, 6.07) is 14.0. The van der Waals surface area contributed by atoms with E-state index in [9.17, 15) is 0 Å². The van der Waals surface area contributed by atoms with Gasteiger partial charge in [-0.25, -0.2) is 4.99 Å². The Kier molecular flexibility index (Phi) is 3.46. The van der Waals surface area contributed by atoms with Crippen LogP contribution in [0.2, 0.25) is 0 Å². The summed E-state index contributed by atoms with van der Waals surface area (Å²) in [6.07, 6.45) is 1.82. The van der Waals surface area contributed by atoms with Gasteiger partial charge in [-0.15, -0.1) is 0 Å². The number of aliphatic imine (C=N–C) groups is 2. The van der Waals surface area contributed by atoms with E-state index in [2.05, 4.69) is 14.9 Å². The zero-order chi connectivity index (χ0) is 15.6. The summed E-state index contributed by atoms with van der Waals surface area (Å²) in [7, 11) is 1.64. The van der Waals surface area contributed by atoms with Crippen LogP contribution in [-0.2, 0) is 6.61 Å². The highest BCUT2D eigenvalue weighted by molar-refractivity contribution is 6.12. The van der Waals surface area contributed by atoms with Crippen molar-refractivity contribution in [1.29, 1.82) is 0 Å². The fourth-order valence-corrected chi connectivity index (χ4v) is 2.85. The van der Waals surface area contributed by atoms with E-state index >= 15 is 0 Å². The molecule has 0 saturated carbocycles. The van der Waals surface area contributed by atoms with Crippen LogP contribution < -0.4 is 9.47 Å². The second kappa shape index (κ2) is 5.76. The number of hydrogen-bond acceptors (Lipinski definition) is 5. The topological polar surface area (TPSA) is 46.4 Å². The lowest BCUT2D eigenvalue weighted by atomic mass is 10.1. The zero-order valence-electron chi connectivity index (χ0n) is 12.9. The van der Waals surface area contributed by atoms with E-state index in [4.69, 9.17) is 9.47 Å². The van der Waals surface area contributed by atoms with Gasteiger partial charge in [0.2, 0.25) is 0 Å². The molecule has 2 aliphatic heterocycles. The van der Waals surface area contributed by atoms with E-state index in [0.717, 1.165) is 35.7 Å². The average Bonchev–Trinajstić information content (AvgIpc) is 3.09. The first-order chi connectivity index (χ1) is 11.4. The highest BCUT2D eigenvalue weighted by Crippen LogP contribution is 2.42. The molecular weight excluding hydrogens is 290 g/mol. The van der Waals surface area contributed by atoms with Crippen molar-refractivity contribution < 1.29 is 9.47 Å². The Morgan fingerprint density at radius 2 is 2.00 bits per heavy atom. The maximum Gasteiger partial charge on any atom is 0.187 e. The number of hydrogen-bond donors (Lipinski definition) is 0. The SMILES string of the molecule is COc1c(OCc2ccccc2)ccc2c1N=CN1CCN=C21. The molecule has 0 radical (unpaired) electrons. The summed E-state index contributed by atoms with van der Waals surface area (Å²) in [4.78, 5) is 11.2. The second-order valence-electron chi connectivity index (χ2n) is 5.41. The predicted octanol–water partition coefficient (Wildman–Crippen LogP) is 3.01. The zero-order valence-corrected chi connectivity index (χ0v) is 12.9. The first-order valence-corrected chi connectivity index (χ1v) is 7.60. The number of fused-ring (bicyclic) bond motifs is 3. The highest BCUT2D eigenvalue weighted by Gasteiger charge is 2.27. The quantitative estimate of drug-likeness (QED) is 0.872.